The van der Waals surface area contributed by atoms with E-state index in [1.165, 1.54) is 28.9 Å². The monoisotopic (exact) mass is 387 g/mol. The Morgan fingerprint density at radius 2 is 1.85 bits per heavy atom. The topological polar surface area (TPSA) is 65.4 Å². The van der Waals surface area contributed by atoms with Crippen LogP contribution in [0.1, 0.15) is 16.1 Å². The maximum atomic E-state index is 13.1. The molecule has 0 spiro atoms. The number of hydrogen-bond donors (Lipinski definition) is 1. The second-order valence-corrected chi connectivity index (χ2v) is 6.31. The molecule has 1 N–H and O–H groups in total. The molecule has 0 unspecified atom stereocenters. The molecule has 0 atom stereocenters. The van der Waals surface area contributed by atoms with E-state index in [0.717, 1.165) is 0 Å². The summed E-state index contributed by atoms with van der Waals surface area (Å²) in [7, 11) is 0. The number of aryl methyl sites for hydroxylation is 1. The van der Waals surface area contributed by atoms with Crippen molar-refractivity contribution in [1.29, 1.82) is 0 Å². The summed E-state index contributed by atoms with van der Waals surface area (Å²) in [5.41, 5.74) is 1.81. The Hall–Kier alpha value is -3.06. The van der Waals surface area contributed by atoms with E-state index < -0.39 is 5.91 Å². The zero-order valence-corrected chi connectivity index (χ0v) is 15.1. The average molecular weight is 388 g/mol. The fraction of sp³-hybridized carbons (Fsp3) is 0.158. The van der Waals surface area contributed by atoms with Crippen LogP contribution in [0.5, 0.6) is 11.5 Å². The number of aromatic nitrogens is 2. The number of fused-ring (bicyclic) bond motifs is 1. The Morgan fingerprint density at radius 3 is 2.59 bits per heavy atom. The van der Waals surface area contributed by atoms with Crippen molar-refractivity contribution in [2.24, 2.45) is 0 Å². The third-order valence-corrected chi connectivity index (χ3v) is 4.45. The van der Waals surface area contributed by atoms with Gasteiger partial charge in [0.15, 0.2) is 11.5 Å². The van der Waals surface area contributed by atoms with E-state index in [9.17, 15) is 9.18 Å². The maximum absolute atomic E-state index is 13.1. The maximum Gasteiger partial charge on any atom is 0.260 e. The van der Waals surface area contributed by atoms with Crippen molar-refractivity contribution in [1.82, 2.24) is 9.78 Å². The van der Waals surface area contributed by atoms with Crippen molar-refractivity contribution in [3.8, 4) is 17.2 Å². The van der Waals surface area contributed by atoms with E-state index in [1.807, 2.05) is 0 Å². The molecule has 138 valence electrons. The highest BCUT2D eigenvalue weighted by molar-refractivity contribution is 6.34. The molecule has 27 heavy (non-hydrogen) atoms. The quantitative estimate of drug-likeness (QED) is 0.737. The molecule has 1 amide bonds. The zero-order valence-electron chi connectivity index (χ0n) is 14.3. The SMILES string of the molecule is Cc1nn(-c2ccc(F)cc2)c(Cl)c1C(=O)Nc1ccc2c(c1)OCCO2. The lowest BCUT2D eigenvalue weighted by atomic mass is 10.2. The number of anilines is 1. The molecule has 6 nitrogen and oxygen atoms in total. The Balaban J connectivity index is 1.61. The van der Waals surface area contributed by atoms with Gasteiger partial charge in [0, 0.05) is 11.8 Å². The molecule has 0 saturated heterocycles. The minimum Gasteiger partial charge on any atom is -0.486 e. The normalized spacial score (nSPS) is 12.7. The minimum absolute atomic E-state index is 0.147. The van der Waals surface area contributed by atoms with Crippen molar-refractivity contribution in [3.05, 3.63) is 64.7 Å². The Kier molecular flexibility index (Phi) is 4.45. The molecule has 1 aliphatic heterocycles. The van der Waals surface area contributed by atoms with Crippen LogP contribution < -0.4 is 14.8 Å². The first-order chi connectivity index (χ1) is 13.0. The summed E-state index contributed by atoms with van der Waals surface area (Å²) < 4.78 is 25.5. The molecule has 1 aromatic heterocycles. The third-order valence-electron chi connectivity index (χ3n) is 4.10. The van der Waals surface area contributed by atoms with E-state index in [-0.39, 0.29) is 16.5 Å². The average Bonchev–Trinajstić information content (AvgIpc) is 2.96. The molecule has 2 aromatic carbocycles. The molecule has 3 aromatic rings. The lowest BCUT2D eigenvalue weighted by Crippen LogP contribution is -2.16. The van der Waals surface area contributed by atoms with Crippen LogP contribution in [0.15, 0.2) is 42.5 Å². The molecule has 0 saturated carbocycles. The van der Waals surface area contributed by atoms with Crippen molar-refractivity contribution in [2.75, 3.05) is 18.5 Å². The molecule has 4 rings (SSSR count). The van der Waals surface area contributed by atoms with E-state index in [0.29, 0.717) is 41.8 Å². The molecular formula is C19H15ClFN3O3. The highest BCUT2D eigenvalue weighted by Crippen LogP contribution is 2.33. The minimum atomic E-state index is -0.400. The van der Waals surface area contributed by atoms with E-state index in [2.05, 4.69) is 10.4 Å². The Morgan fingerprint density at radius 1 is 1.15 bits per heavy atom. The van der Waals surface area contributed by atoms with Gasteiger partial charge in [-0.15, -0.1) is 0 Å². The van der Waals surface area contributed by atoms with E-state index in [4.69, 9.17) is 21.1 Å². The number of rotatable bonds is 3. The van der Waals surface area contributed by atoms with Gasteiger partial charge in [-0.3, -0.25) is 4.79 Å². The molecule has 2 heterocycles. The van der Waals surface area contributed by atoms with Crippen LogP contribution in [0.3, 0.4) is 0 Å². The van der Waals surface area contributed by atoms with Crippen LogP contribution in [0, 0.1) is 12.7 Å². The molecule has 0 aliphatic carbocycles. The van der Waals surface area contributed by atoms with Crippen LogP contribution in [0.25, 0.3) is 5.69 Å². The summed E-state index contributed by atoms with van der Waals surface area (Å²) >= 11 is 6.38. The van der Waals surface area contributed by atoms with Gasteiger partial charge < -0.3 is 14.8 Å². The standard InChI is InChI=1S/C19H15ClFN3O3/c1-11-17(18(20)24(23-11)14-5-2-12(21)3-6-14)19(25)22-13-4-7-15-16(10-13)27-9-8-26-15/h2-7,10H,8-9H2,1H3,(H,22,25). The third kappa shape index (κ3) is 3.33. The predicted molar refractivity (Wildman–Crippen MR) is 98.7 cm³/mol. The van der Waals surface area contributed by atoms with Gasteiger partial charge in [0.05, 0.1) is 11.4 Å². The molecular weight excluding hydrogens is 373 g/mol. The van der Waals surface area contributed by atoms with Crippen LogP contribution in [0.4, 0.5) is 10.1 Å². The second kappa shape index (κ2) is 6.92. The molecule has 0 fully saturated rings. The van der Waals surface area contributed by atoms with Gasteiger partial charge in [-0.25, -0.2) is 9.07 Å². The number of benzene rings is 2. The van der Waals surface area contributed by atoms with E-state index in [1.54, 1.807) is 25.1 Å². The summed E-state index contributed by atoms with van der Waals surface area (Å²) in [6.07, 6.45) is 0. The molecule has 0 radical (unpaired) electrons. The fourth-order valence-corrected chi connectivity index (χ4v) is 3.18. The molecule has 1 aliphatic rings. The van der Waals surface area contributed by atoms with Crippen molar-refractivity contribution >= 4 is 23.2 Å². The number of halogens is 2. The van der Waals surface area contributed by atoms with Gasteiger partial charge in [0.25, 0.3) is 5.91 Å². The van der Waals surface area contributed by atoms with Gasteiger partial charge in [-0.2, -0.15) is 5.10 Å². The highest BCUT2D eigenvalue weighted by atomic mass is 35.5. The van der Waals surface area contributed by atoms with Crippen molar-refractivity contribution < 1.29 is 18.7 Å². The summed E-state index contributed by atoms with van der Waals surface area (Å²) in [5.74, 6) is 0.444. The van der Waals surface area contributed by atoms with Gasteiger partial charge in [-0.05, 0) is 43.3 Å². The summed E-state index contributed by atoms with van der Waals surface area (Å²) in [4.78, 5) is 12.7. The van der Waals surface area contributed by atoms with Gasteiger partial charge in [0.1, 0.15) is 29.7 Å². The second-order valence-electron chi connectivity index (χ2n) is 5.95. The van der Waals surface area contributed by atoms with Crippen molar-refractivity contribution in [3.63, 3.8) is 0 Å². The number of amides is 1. The lowest BCUT2D eigenvalue weighted by Gasteiger charge is -2.19. The first-order valence-corrected chi connectivity index (χ1v) is 8.63. The van der Waals surface area contributed by atoms with Gasteiger partial charge in [-0.1, -0.05) is 11.6 Å². The van der Waals surface area contributed by atoms with Crippen LogP contribution in [0.2, 0.25) is 5.15 Å². The van der Waals surface area contributed by atoms with Crippen LogP contribution in [-0.4, -0.2) is 28.9 Å². The first kappa shape index (κ1) is 17.4. The van der Waals surface area contributed by atoms with Crippen molar-refractivity contribution in [2.45, 2.75) is 6.92 Å². The number of carbonyl (C=O) groups excluding carboxylic acids is 1. The summed E-state index contributed by atoms with van der Waals surface area (Å²) in [5, 5.41) is 7.24. The largest absolute Gasteiger partial charge is 0.486 e. The van der Waals surface area contributed by atoms with Crippen LogP contribution in [-0.2, 0) is 0 Å². The fourth-order valence-electron chi connectivity index (χ4n) is 2.83. The first-order valence-electron chi connectivity index (χ1n) is 8.25. The number of carbonyl (C=O) groups is 1. The summed E-state index contributed by atoms with van der Waals surface area (Å²) in [6, 6.07) is 10.8. The smallest absolute Gasteiger partial charge is 0.260 e. The number of nitrogens with one attached hydrogen (secondary N) is 1. The zero-order chi connectivity index (χ0) is 19.0. The number of hydrogen-bond acceptors (Lipinski definition) is 4. The molecule has 0 bridgehead atoms. The number of ether oxygens (including phenoxy) is 2. The van der Waals surface area contributed by atoms with Gasteiger partial charge in [0.2, 0.25) is 0 Å². The Labute approximate surface area is 159 Å². The van der Waals surface area contributed by atoms with Crippen LogP contribution >= 0.6 is 11.6 Å². The summed E-state index contributed by atoms with van der Waals surface area (Å²) in [6.45, 7) is 2.64. The number of nitrogens with zero attached hydrogens (tertiary/aromatic N) is 2. The highest BCUT2D eigenvalue weighted by Gasteiger charge is 2.22. The van der Waals surface area contributed by atoms with Gasteiger partial charge >= 0.3 is 0 Å². The Bertz CT molecular complexity index is 1020. The lowest BCUT2D eigenvalue weighted by molar-refractivity contribution is 0.102. The predicted octanol–water partition coefficient (Wildman–Crippen LogP) is 4.00. The van der Waals surface area contributed by atoms with E-state index >= 15 is 0 Å². The molecule has 8 heteroatoms.